The summed E-state index contributed by atoms with van der Waals surface area (Å²) in [6.45, 7) is 1.60. The lowest BCUT2D eigenvalue weighted by molar-refractivity contribution is -0.555. The van der Waals surface area contributed by atoms with Gasteiger partial charge in [0.2, 0.25) is 0 Å². The third kappa shape index (κ3) is 3.98. The van der Waals surface area contributed by atoms with Crippen LogP contribution in [0.5, 0.6) is 0 Å². The number of rotatable bonds is 5. The van der Waals surface area contributed by atoms with Crippen LogP contribution in [0.4, 0.5) is 0 Å². The zero-order valence-corrected chi connectivity index (χ0v) is 14.5. The lowest BCUT2D eigenvalue weighted by atomic mass is 9.90. The number of hydrogen-bond acceptors (Lipinski definition) is 4. The molecule has 3 heterocycles. The first-order chi connectivity index (χ1) is 11.7. The highest BCUT2D eigenvalue weighted by molar-refractivity contribution is 6.29. The van der Waals surface area contributed by atoms with Gasteiger partial charge in [-0.15, -0.1) is 0 Å². The van der Waals surface area contributed by atoms with E-state index >= 15 is 0 Å². The van der Waals surface area contributed by atoms with Crippen LogP contribution in [-0.4, -0.2) is 35.9 Å². The Bertz CT molecular complexity index is 769. The van der Waals surface area contributed by atoms with Gasteiger partial charge in [0.1, 0.15) is 11.4 Å². The SMILES string of the molecule is C[NH2+]C=C(C(=N)CC1CCOCC1)c1cnc2ccc(Cl)nc2c1. The number of pyridine rings is 2. The molecule has 1 aliphatic rings. The topological polar surface area (TPSA) is 75.5 Å². The van der Waals surface area contributed by atoms with Crippen LogP contribution in [0.3, 0.4) is 0 Å². The molecule has 0 spiro atoms. The maximum Gasteiger partial charge on any atom is 0.129 e. The van der Waals surface area contributed by atoms with Crippen molar-refractivity contribution in [2.45, 2.75) is 19.3 Å². The van der Waals surface area contributed by atoms with E-state index in [-0.39, 0.29) is 0 Å². The predicted octanol–water partition coefficient (Wildman–Crippen LogP) is 2.65. The number of aromatic nitrogens is 2. The van der Waals surface area contributed by atoms with E-state index in [9.17, 15) is 0 Å². The number of ether oxygens (including phenoxy) is 1. The van der Waals surface area contributed by atoms with Gasteiger partial charge in [0.05, 0.1) is 23.7 Å². The standard InChI is InChI=1S/C18H21ClN4O/c1-21-11-14(15(20)8-12-4-6-24-7-5-12)13-9-17-16(22-10-13)2-3-18(19)23-17/h2-3,9-12,20-21H,4-8H2,1H3/p+1. The Morgan fingerprint density at radius 3 is 2.92 bits per heavy atom. The molecule has 1 aliphatic heterocycles. The Labute approximate surface area is 146 Å². The molecule has 24 heavy (non-hydrogen) atoms. The van der Waals surface area contributed by atoms with Crippen molar-refractivity contribution in [2.24, 2.45) is 5.92 Å². The second-order valence-corrected chi connectivity index (χ2v) is 6.44. The summed E-state index contributed by atoms with van der Waals surface area (Å²) in [5, 5.41) is 11.0. The summed E-state index contributed by atoms with van der Waals surface area (Å²) >= 11 is 5.99. The molecule has 1 saturated heterocycles. The van der Waals surface area contributed by atoms with E-state index in [1.165, 1.54) is 0 Å². The maximum absolute atomic E-state index is 8.57. The molecule has 0 radical (unpaired) electrons. The highest BCUT2D eigenvalue weighted by atomic mass is 35.5. The highest BCUT2D eigenvalue weighted by Crippen LogP contribution is 2.25. The van der Waals surface area contributed by atoms with Crippen LogP contribution in [0, 0.1) is 11.3 Å². The van der Waals surface area contributed by atoms with Gasteiger partial charge in [0.15, 0.2) is 0 Å². The quantitative estimate of drug-likeness (QED) is 0.646. The molecule has 0 aliphatic carbocycles. The minimum absolute atomic E-state index is 0.450. The molecule has 5 nitrogen and oxygen atoms in total. The minimum atomic E-state index is 0.450. The van der Waals surface area contributed by atoms with E-state index in [0.717, 1.165) is 54.6 Å². The zero-order chi connectivity index (χ0) is 16.9. The number of quaternary nitrogens is 1. The smallest absolute Gasteiger partial charge is 0.129 e. The summed E-state index contributed by atoms with van der Waals surface area (Å²) in [6, 6.07) is 5.56. The summed E-state index contributed by atoms with van der Waals surface area (Å²) in [5.74, 6) is 0.521. The predicted molar refractivity (Wildman–Crippen MR) is 96.3 cm³/mol. The molecule has 0 saturated carbocycles. The van der Waals surface area contributed by atoms with E-state index in [4.69, 9.17) is 21.7 Å². The Kier molecular flexibility index (Phi) is 5.56. The molecule has 0 unspecified atom stereocenters. The van der Waals surface area contributed by atoms with E-state index in [2.05, 4.69) is 9.97 Å². The van der Waals surface area contributed by atoms with Crippen molar-refractivity contribution in [3.63, 3.8) is 0 Å². The average Bonchev–Trinajstić information content (AvgIpc) is 2.59. The molecule has 3 rings (SSSR count). The Morgan fingerprint density at radius 1 is 1.38 bits per heavy atom. The summed E-state index contributed by atoms with van der Waals surface area (Å²) in [5.41, 5.74) is 4.01. The van der Waals surface area contributed by atoms with E-state index in [1.54, 1.807) is 6.07 Å². The van der Waals surface area contributed by atoms with Crippen molar-refractivity contribution in [1.29, 1.82) is 5.41 Å². The third-order valence-electron chi connectivity index (χ3n) is 4.31. The van der Waals surface area contributed by atoms with Gasteiger partial charge in [-0.2, -0.15) is 0 Å². The van der Waals surface area contributed by atoms with Gasteiger partial charge in [-0.1, -0.05) is 11.6 Å². The number of nitrogens with two attached hydrogens (primary N) is 1. The van der Waals surface area contributed by atoms with Crippen LogP contribution in [0.2, 0.25) is 5.15 Å². The van der Waals surface area contributed by atoms with Crippen LogP contribution in [-0.2, 0) is 4.74 Å². The molecule has 1 fully saturated rings. The number of allylic oxidation sites excluding steroid dienone is 1. The number of halogens is 1. The van der Waals surface area contributed by atoms with Gasteiger partial charge < -0.3 is 15.5 Å². The normalized spacial score (nSPS) is 16.5. The van der Waals surface area contributed by atoms with Crippen LogP contribution in [0.1, 0.15) is 24.8 Å². The van der Waals surface area contributed by atoms with E-state index in [1.807, 2.05) is 36.9 Å². The summed E-state index contributed by atoms with van der Waals surface area (Å²) in [7, 11) is 1.96. The molecule has 126 valence electrons. The fourth-order valence-electron chi connectivity index (χ4n) is 3.02. The molecule has 3 N–H and O–H groups in total. The van der Waals surface area contributed by atoms with Crippen molar-refractivity contribution >= 4 is 33.9 Å². The van der Waals surface area contributed by atoms with E-state index in [0.29, 0.717) is 16.8 Å². The van der Waals surface area contributed by atoms with Crippen molar-refractivity contribution in [3.8, 4) is 0 Å². The zero-order valence-electron chi connectivity index (χ0n) is 13.8. The summed E-state index contributed by atoms with van der Waals surface area (Å²) in [4.78, 5) is 8.79. The fraction of sp³-hybridized carbons (Fsp3) is 0.389. The molecule has 2 aromatic heterocycles. The molecule has 0 aromatic carbocycles. The number of nitrogens with one attached hydrogen (secondary N) is 1. The highest BCUT2D eigenvalue weighted by Gasteiger charge is 2.19. The first kappa shape index (κ1) is 17.0. The molecule has 6 heteroatoms. The van der Waals surface area contributed by atoms with Crippen molar-refractivity contribution in [3.05, 3.63) is 41.3 Å². The largest absolute Gasteiger partial charge is 0.381 e. The second-order valence-electron chi connectivity index (χ2n) is 6.05. The third-order valence-corrected chi connectivity index (χ3v) is 4.52. The first-order valence-corrected chi connectivity index (χ1v) is 8.63. The van der Waals surface area contributed by atoms with Crippen LogP contribution in [0.25, 0.3) is 16.6 Å². The van der Waals surface area contributed by atoms with Gasteiger partial charge in [-0.05, 0) is 43.4 Å². The van der Waals surface area contributed by atoms with Crippen molar-refractivity contribution < 1.29 is 10.1 Å². The number of nitrogens with zero attached hydrogens (tertiary/aromatic N) is 2. The Morgan fingerprint density at radius 2 is 2.17 bits per heavy atom. The number of hydrogen-bond donors (Lipinski definition) is 2. The Hall–Kier alpha value is -1.82. The van der Waals surface area contributed by atoms with Crippen LogP contribution < -0.4 is 5.32 Å². The lowest BCUT2D eigenvalue weighted by Crippen LogP contribution is -2.73. The molecule has 0 atom stereocenters. The molecular weight excluding hydrogens is 324 g/mol. The average molecular weight is 346 g/mol. The van der Waals surface area contributed by atoms with Gasteiger partial charge in [0, 0.05) is 30.7 Å². The lowest BCUT2D eigenvalue weighted by Gasteiger charge is -2.22. The van der Waals surface area contributed by atoms with Crippen molar-refractivity contribution in [2.75, 3.05) is 20.3 Å². The van der Waals surface area contributed by atoms with Gasteiger partial charge in [-0.25, -0.2) is 4.98 Å². The number of fused-ring (bicyclic) bond motifs is 1. The first-order valence-electron chi connectivity index (χ1n) is 8.25. The molecule has 0 amide bonds. The minimum Gasteiger partial charge on any atom is -0.381 e. The summed E-state index contributed by atoms with van der Waals surface area (Å²) in [6.07, 6.45) is 6.61. The van der Waals surface area contributed by atoms with Crippen molar-refractivity contribution in [1.82, 2.24) is 9.97 Å². The maximum atomic E-state index is 8.57. The van der Waals surface area contributed by atoms with Crippen LogP contribution in [0.15, 0.2) is 30.6 Å². The van der Waals surface area contributed by atoms with E-state index < -0.39 is 0 Å². The molecule has 0 bridgehead atoms. The Balaban J connectivity index is 1.87. The fourth-order valence-corrected chi connectivity index (χ4v) is 3.17. The monoisotopic (exact) mass is 345 g/mol. The second kappa shape index (κ2) is 7.83. The molecular formula is C18H22ClN4O+. The van der Waals surface area contributed by atoms with Gasteiger partial charge in [-0.3, -0.25) is 4.98 Å². The van der Waals surface area contributed by atoms with Crippen LogP contribution >= 0.6 is 11.6 Å². The van der Waals surface area contributed by atoms with Gasteiger partial charge in [0.25, 0.3) is 0 Å². The van der Waals surface area contributed by atoms with Gasteiger partial charge >= 0.3 is 0 Å². The molecule has 2 aromatic rings. The summed E-state index contributed by atoms with van der Waals surface area (Å²) < 4.78 is 5.41.